The molecular weight excluding hydrogens is 340 g/mol. The third kappa shape index (κ3) is 8.62. The summed E-state index contributed by atoms with van der Waals surface area (Å²) >= 11 is 0. The molecule has 3 amide bonds. The van der Waals surface area contributed by atoms with Crippen molar-refractivity contribution in [2.75, 3.05) is 13.2 Å². The number of nitrogens with one attached hydrogen (secondary N) is 3. The molecule has 0 fully saturated rings. The van der Waals surface area contributed by atoms with Gasteiger partial charge in [-0.05, 0) is 13.3 Å². The van der Waals surface area contributed by atoms with Gasteiger partial charge in [-0.1, -0.05) is 0 Å². The number of aliphatic hydroxyl groups is 1. The SMILES string of the molecule is CC(NC(=O)C(CCC(=O)O)NC(=O)CN)C(=O)NC(CO)C(=O)O. The van der Waals surface area contributed by atoms with Crippen LogP contribution in [0.3, 0.4) is 0 Å². The fourth-order valence-electron chi connectivity index (χ4n) is 1.65. The maximum atomic E-state index is 12.1. The van der Waals surface area contributed by atoms with Gasteiger partial charge in [0, 0.05) is 6.42 Å². The second-order valence-corrected chi connectivity index (χ2v) is 5.07. The van der Waals surface area contributed by atoms with Gasteiger partial charge in [0.25, 0.3) is 0 Å². The molecule has 0 heterocycles. The first-order valence-corrected chi connectivity index (χ1v) is 7.28. The van der Waals surface area contributed by atoms with Gasteiger partial charge in [0.2, 0.25) is 17.7 Å². The molecule has 0 aromatic rings. The van der Waals surface area contributed by atoms with Crippen LogP contribution in [0.2, 0.25) is 0 Å². The molecular formula is C13H22N4O8. The summed E-state index contributed by atoms with van der Waals surface area (Å²) in [5.74, 6) is -5.03. The van der Waals surface area contributed by atoms with Gasteiger partial charge in [-0.25, -0.2) is 4.79 Å². The molecule has 0 spiro atoms. The van der Waals surface area contributed by atoms with Crippen molar-refractivity contribution in [3.05, 3.63) is 0 Å². The first-order chi connectivity index (χ1) is 11.6. The van der Waals surface area contributed by atoms with E-state index in [4.69, 9.17) is 21.1 Å². The Morgan fingerprint density at radius 1 is 0.960 bits per heavy atom. The van der Waals surface area contributed by atoms with E-state index in [0.717, 1.165) is 0 Å². The summed E-state index contributed by atoms with van der Waals surface area (Å²) in [6.07, 6.45) is -0.634. The first-order valence-electron chi connectivity index (χ1n) is 7.28. The summed E-state index contributed by atoms with van der Waals surface area (Å²) in [7, 11) is 0. The van der Waals surface area contributed by atoms with Crippen LogP contribution >= 0.6 is 0 Å². The van der Waals surface area contributed by atoms with Crippen molar-refractivity contribution in [3.63, 3.8) is 0 Å². The zero-order chi connectivity index (χ0) is 19.6. The lowest BCUT2D eigenvalue weighted by Gasteiger charge is -2.21. The fraction of sp³-hybridized carbons (Fsp3) is 0.615. The minimum Gasteiger partial charge on any atom is -0.481 e. The average Bonchev–Trinajstić information content (AvgIpc) is 2.54. The number of aliphatic hydroxyl groups excluding tert-OH is 1. The van der Waals surface area contributed by atoms with Crippen molar-refractivity contribution >= 4 is 29.7 Å². The van der Waals surface area contributed by atoms with Gasteiger partial charge in [0.1, 0.15) is 18.1 Å². The van der Waals surface area contributed by atoms with Crippen molar-refractivity contribution in [1.29, 1.82) is 0 Å². The minimum atomic E-state index is -1.54. The lowest BCUT2D eigenvalue weighted by Crippen LogP contribution is -2.55. The summed E-state index contributed by atoms with van der Waals surface area (Å²) in [6, 6.07) is -3.95. The van der Waals surface area contributed by atoms with E-state index in [1.807, 2.05) is 5.32 Å². The Kier molecular flexibility index (Phi) is 9.74. The van der Waals surface area contributed by atoms with Gasteiger partial charge >= 0.3 is 11.9 Å². The molecule has 3 unspecified atom stereocenters. The van der Waals surface area contributed by atoms with Crippen LogP contribution in [0.25, 0.3) is 0 Å². The van der Waals surface area contributed by atoms with Gasteiger partial charge in [0.05, 0.1) is 13.2 Å². The number of hydrogen-bond acceptors (Lipinski definition) is 7. The molecule has 0 saturated carbocycles. The summed E-state index contributed by atoms with van der Waals surface area (Å²) in [4.78, 5) is 56.6. The van der Waals surface area contributed by atoms with Gasteiger partial charge < -0.3 is 37.0 Å². The van der Waals surface area contributed by atoms with Crippen LogP contribution in [-0.2, 0) is 24.0 Å². The zero-order valence-corrected chi connectivity index (χ0v) is 13.5. The Hall–Kier alpha value is -2.73. The maximum Gasteiger partial charge on any atom is 0.328 e. The van der Waals surface area contributed by atoms with Gasteiger partial charge in [0.15, 0.2) is 0 Å². The number of carboxylic acid groups (broad SMARTS) is 2. The van der Waals surface area contributed by atoms with Gasteiger partial charge in [-0.3, -0.25) is 19.2 Å². The Labute approximate surface area is 142 Å². The summed E-state index contributed by atoms with van der Waals surface area (Å²) in [5.41, 5.74) is 5.12. The second kappa shape index (κ2) is 10.9. The number of hydrogen-bond donors (Lipinski definition) is 7. The number of aliphatic carboxylic acids is 2. The normalized spacial score (nSPS) is 13.9. The van der Waals surface area contributed by atoms with Gasteiger partial charge in [-0.2, -0.15) is 0 Å². The monoisotopic (exact) mass is 362 g/mol. The topological polar surface area (TPSA) is 208 Å². The largest absolute Gasteiger partial charge is 0.481 e. The van der Waals surface area contributed by atoms with Crippen LogP contribution in [0.1, 0.15) is 19.8 Å². The molecule has 0 bridgehead atoms. The van der Waals surface area contributed by atoms with Crippen molar-refractivity contribution in [3.8, 4) is 0 Å². The van der Waals surface area contributed by atoms with Gasteiger partial charge in [-0.15, -0.1) is 0 Å². The lowest BCUT2D eigenvalue weighted by molar-refractivity contribution is -0.143. The minimum absolute atomic E-state index is 0.227. The molecule has 12 nitrogen and oxygen atoms in total. The lowest BCUT2D eigenvalue weighted by atomic mass is 10.1. The van der Waals surface area contributed by atoms with Crippen LogP contribution in [0.4, 0.5) is 0 Å². The Morgan fingerprint density at radius 2 is 1.56 bits per heavy atom. The molecule has 0 aliphatic rings. The predicted octanol–water partition coefficient (Wildman–Crippen LogP) is -3.64. The van der Waals surface area contributed by atoms with Crippen molar-refractivity contribution < 1.29 is 39.3 Å². The molecule has 0 saturated heterocycles. The first kappa shape index (κ1) is 22.3. The highest BCUT2D eigenvalue weighted by atomic mass is 16.4. The quantitative estimate of drug-likeness (QED) is 0.193. The standard InChI is InChI=1S/C13H22N4O8/c1-6(11(22)17-8(5-18)13(24)25)15-12(23)7(2-3-10(20)21)16-9(19)4-14/h6-8,18H,2-5,14H2,1H3,(H,15,23)(H,16,19)(H,17,22)(H,20,21)(H,24,25). The second-order valence-electron chi connectivity index (χ2n) is 5.07. The molecule has 0 rings (SSSR count). The van der Waals surface area contributed by atoms with Crippen LogP contribution in [-0.4, -0.2) is 76.3 Å². The van der Waals surface area contributed by atoms with E-state index < -0.39 is 67.4 Å². The van der Waals surface area contributed by atoms with E-state index in [1.54, 1.807) is 0 Å². The molecule has 8 N–H and O–H groups in total. The van der Waals surface area contributed by atoms with E-state index in [0.29, 0.717) is 0 Å². The Bertz CT molecular complexity index is 524. The van der Waals surface area contributed by atoms with Crippen LogP contribution in [0.15, 0.2) is 0 Å². The van der Waals surface area contributed by atoms with E-state index in [9.17, 15) is 24.0 Å². The summed E-state index contributed by atoms with van der Waals surface area (Å²) in [5, 5.41) is 32.7. The fourth-order valence-corrected chi connectivity index (χ4v) is 1.65. The molecule has 142 valence electrons. The molecule has 25 heavy (non-hydrogen) atoms. The third-order valence-electron chi connectivity index (χ3n) is 3.03. The number of nitrogens with two attached hydrogens (primary N) is 1. The number of carbonyl (C=O) groups excluding carboxylic acids is 3. The maximum absolute atomic E-state index is 12.1. The van der Waals surface area contributed by atoms with Crippen LogP contribution < -0.4 is 21.7 Å². The number of carboxylic acids is 2. The third-order valence-corrected chi connectivity index (χ3v) is 3.03. The zero-order valence-electron chi connectivity index (χ0n) is 13.5. The average molecular weight is 362 g/mol. The highest BCUT2D eigenvalue weighted by Gasteiger charge is 2.27. The predicted molar refractivity (Wildman–Crippen MR) is 82.1 cm³/mol. The molecule has 0 aromatic heterocycles. The number of amides is 3. The number of carbonyl (C=O) groups is 5. The highest BCUT2D eigenvalue weighted by Crippen LogP contribution is 2.00. The van der Waals surface area contributed by atoms with Crippen LogP contribution in [0.5, 0.6) is 0 Å². The molecule has 0 radical (unpaired) electrons. The highest BCUT2D eigenvalue weighted by molar-refractivity contribution is 5.93. The van der Waals surface area contributed by atoms with E-state index >= 15 is 0 Å². The van der Waals surface area contributed by atoms with Crippen molar-refractivity contribution in [2.45, 2.75) is 37.9 Å². The molecule has 0 aliphatic heterocycles. The van der Waals surface area contributed by atoms with Crippen molar-refractivity contribution in [2.24, 2.45) is 5.73 Å². The number of rotatable bonds is 11. The van der Waals surface area contributed by atoms with E-state index in [1.165, 1.54) is 6.92 Å². The van der Waals surface area contributed by atoms with E-state index in [2.05, 4.69) is 10.6 Å². The van der Waals surface area contributed by atoms with Crippen LogP contribution in [0, 0.1) is 0 Å². The smallest absolute Gasteiger partial charge is 0.328 e. The van der Waals surface area contributed by atoms with Crippen molar-refractivity contribution in [1.82, 2.24) is 16.0 Å². The molecule has 12 heteroatoms. The molecule has 0 aromatic carbocycles. The Balaban J connectivity index is 4.83. The molecule has 0 aliphatic carbocycles. The van der Waals surface area contributed by atoms with E-state index in [-0.39, 0.29) is 6.42 Å². The summed E-state index contributed by atoms with van der Waals surface area (Å²) in [6.45, 7) is 0.00173. The summed E-state index contributed by atoms with van der Waals surface area (Å²) < 4.78 is 0. The molecule has 3 atom stereocenters. The Morgan fingerprint density at radius 3 is 2.00 bits per heavy atom.